The number of hydrogen-bond acceptors (Lipinski definition) is 3. The van der Waals surface area contributed by atoms with Crippen LogP contribution in [0.5, 0.6) is 0 Å². The normalized spacial score (nSPS) is 11.7. The van der Waals surface area contributed by atoms with Gasteiger partial charge in [-0.2, -0.15) is 0 Å². The van der Waals surface area contributed by atoms with Gasteiger partial charge in [0.25, 0.3) is 0 Å². The number of unbranched alkanes of at least 4 members (excludes halogenated alkanes) is 2. The third-order valence-electron chi connectivity index (χ3n) is 2.64. The molecule has 0 saturated carbocycles. The summed E-state index contributed by atoms with van der Waals surface area (Å²) in [6.45, 7) is 6.30. The number of hydrogen-bond donors (Lipinski definition) is 3. The highest BCUT2D eigenvalue weighted by molar-refractivity contribution is 5.66. The predicted molar refractivity (Wildman–Crippen MR) is 64.5 cm³/mol. The average molecular weight is 231 g/mol. The first-order valence-corrected chi connectivity index (χ1v) is 6.01. The molecule has 4 heteroatoms. The zero-order valence-electron chi connectivity index (χ0n) is 10.5. The molecule has 4 nitrogen and oxygen atoms in total. The summed E-state index contributed by atoms with van der Waals surface area (Å²) in [7, 11) is 0. The molecule has 0 unspecified atom stereocenters. The Hall–Kier alpha value is -0.610. The van der Waals surface area contributed by atoms with Crippen LogP contribution in [0.3, 0.4) is 0 Å². The van der Waals surface area contributed by atoms with Gasteiger partial charge in [0, 0.05) is 19.6 Å². The highest BCUT2D eigenvalue weighted by Gasteiger charge is 2.15. The smallest absolute Gasteiger partial charge is 0.303 e. The van der Waals surface area contributed by atoms with E-state index >= 15 is 0 Å². The summed E-state index contributed by atoms with van der Waals surface area (Å²) in [5.41, 5.74) is 0.135. The minimum absolute atomic E-state index is 0.135. The van der Waals surface area contributed by atoms with Crippen LogP contribution in [0.15, 0.2) is 0 Å². The summed E-state index contributed by atoms with van der Waals surface area (Å²) >= 11 is 0. The van der Waals surface area contributed by atoms with E-state index in [1.807, 2.05) is 0 Å². The molecule has 0 saturated heterocycles. The lowest BCUT2D eigenvalue weighted by atomic mass is 9.90. The van der Waals surface area contributed by atoms with Crippen LogP contribution in [0.2, 0.25) is 0 Å². The largest absolute Gasteiger partial charge is 0.481 e. The quantitative estimate of drug-likeness (QED) is 0.500. The van der Waals surface area contributed by atoms with Crippen molar-refractivity contribution < 1.29 is 15.0 Å². The number of carboxylic acid groups (broad SMARTS) is 1. The van der Waals surface area contributed by atoms with Gasteiger partial charge in [0.05, 0.1) is 0 Å². The fraction of sp³-hybridized carbons (Fsp3) is 0.917. The van der Waals surface area contributed by atoms with Gasteiger partial charge in [-0.1, -0.05) is 20.3 Å². The van der Waals surface area contributed by atoms with Gasteiger partial charge in [0.1, 0.15) is 0 Å². The molecule has 0 aliphatic rings. The zero-order chi connectivity index (χ0) is 12.4. The van der Waals surface area contributed by atoms with Gasteiger partial charge < -0.3 is 15.5 Å². The van der Waals surface area contributed by atoms with Crippen LogP contribution in [0.25, 0.3) is 0 Å². The van der Waals surface area contributed by atoms with Crippen molar-refractivity contribution in [3.8, 4) is 0 Å². The van der Waals surface area contributed by atoms with Crippen molar-refractivity contribution in [3.05, 3.63) is 0 Å². The lowest BCUT2D eigenvalue weighted by Gasteiger charge is -2.23. The fourth-order valence-corrected chi connectivity index (χ4v) is 1.52. The number of nitrogens with one attached hydrogen (secondary N) is 1. The van der Waals surface area contributed by atoms with Gasteiger partial charge in [0.15, 0.2) is 0 Å². The summed E-state index contributed by atoms with van der Waals surface area (Å²) < 4.78 is 0. The maximum Gasteiger partial charge on any atom is 0.303 e. The molecule has 0 bridgehead atoms. The molecule has 0 atom stereocenters. The lowest BCUT2D eigenvalue weighted by molar-refractivity contribution is -0.137. The number of aliphatic hydroxyl groups excluding tert-OH is 1. The number of carbonyl (C=O) groups is 1. The molecule has 0 aromatic carbocycles. The Bertz CT molecular complexity index is 193. The summed E-state index contributed by atoms with van der Waals surface area (Å²) in [5, 5.41) is 20.6. The molecule has 0 fully saturated rings. The molecule has 0 heterocycles. The van der Waals surface area contributed by atoms with Gasteiger partial charge >= 0.3 is 5.97 Å². The fourth-order valence-electron chi connectivity index (χ4n) is 1.52. The predicted octanol–water partition coefficient (Wildman–Crippen LogP) is 1.63. The Morgan fingerprint density at radius 3 is 2.50 bits per heavy atom. The number of carboxylic acids is 1. The van der Waals surface area contributed by atoms with Crippen LogP contribution < -0.4 is 5.32 Å². The minimum atomic E-state index is -0.711. The topological polar surface area (TPSA) is 69.6 Å². The van der Waals surface area contributed by atoms with E-state index in [4.69, 9.17) is 10.2 Å². The van der Waals surface area contributed by atoms with Crippen molar-refractivity contribution in [2.24, 2.45) is 5.41 Å². The first-order valence-electron chi connectivity index (χ1n) is 6.01. The molecular weight excluding hydrogens is 206 g/mol. The summed E-state index contributed by atoms with van der Waals surface area (Å²) in [6, 6.07) is 0. The van der Waals surface area contributed by atoms with Crippen molar-refractivity contribution in [1.29, 1.82) is 0 Å². The Morgan fingerprint density at radius 2 is 1.94 bits per heavy atom. The number of aliphatic hydroxyl groups is 1. The van der Waals surface area contributed by atoms with E-state index in [-0.39, 0.29) is 18.4 Å². The van der Waals surface area contributed by atoms with Crippen LogP contribution in [0.4, 0.5) is 0 Å². The Kier molecular flexibility index (Phi) is 8.21. The molecule has 0 spiro atoms. The molecule has 0 aromatic heterocycles. The minimum Gasteiger partial charge on any atom is -0.481 e. The molecular formula is C12H25NO3. The first-order chi connectivity index (χ1) is 7.48. The van der Waals surface area contributed by atoms with E-state index in [0.29, 0.717) is 0 Å². The van der Waals surface area contributed by atoms with E-state index in [2.05, 4.69) is 19.2 Å². The van der Waals surface area contributed by atoms with Gasteiger partial charge in [-0.3, -0.25) is 4.79 Å². The molecule has 0 amide bonds. The standard InChI is InChI=1S/C12H25NO3/c1-12(2,7-9-14)10-13-8-5-3-4-6-11(15)16/h13-14H,3-10H2,1-2H3,(H,15,16). The van der Waals surface area contributed by atoms with Crippen molar-refractivity contribution >= 4 is 5.97 Å². The number of rotatable bonds is 10. The summed E-state index contributed by atoms with van der Waals surface area (Å²) in [5.74, 6) is -0.711. The van der Waals surface area contributed by atoms with E-state index in [9.17, 15) is 4.79 Å². The second kappa shape index (κ2) is 8.53. The monoisotopic (exact) mass is 231 g/mol. The van der Waals surface area contributed by atoms with Gasteiger partial charge in [0.2, 0.25) is 0 Å². The second-order valence-electron chi connectivity index (χ2n) is 5.02. The number of aliphatic carboxylic acids is 1. The summed E-state index contributed by atoms with van der Waals surface area (Å²) in [6.07, 6.45) is 3.81. The van der Waals surface area contributed by atoms with E-state index in [1.54, 1.807) is 0 Å². The molecule has 96 valence electrons. The average Bonchev–Trinajstić information content (AvgIpc) is 2.15. The maximum atomic E-state index is 10.3. The second-order valence-corrected chi connectivity index (χ2v) is 5.02. The van der Waals surface area contributed by atoms with E-state index in [0.717, 1.165) is 38.8 Å². The van der Waals surface area contributed by atoms with Crippen molar-refractivity contribution in [2.75, 3.05) is 19.7 Å². The van der Waals surface area contributed by atoms with Gasteiger partial charge in [-0.05, 0) is 31.2 Å². The Labute approximate surface area is 98.1 Å². The summed E-state index contributed by atoms with van der Waals surface area (Å²) in [4.78, 5) is 10.3. The SMILES string of the molecule is CC(C)(CCO)CNCCCCCC(=O)O. The van der Waals surface area contributed by atoms with Gasteiger partial charge in [-0.15, -0.1) is 0 Å². The first kappa shape index (κ1) is 15.4. The third kappa shape index (κ3) is 9.93. The zero-order valence-corrected chi connectivity index (χ0v) is 10.5. The van der Waals surface area contributed by atoms with Crippen LogP contribution in [-0.2, 0) is 4.79 Å². The molecule has 3 N–H and O–H groups in total. The van der Waals surface area contributed by atoms with Crippen molar-refractivity contribution in [3.63, 3.8) is 0 Å². The molecule has 0 aliphatic carbocycles. The molecule has 0 aromatic rings. The Balaban J connectivity index is 3.29. The molecule has 0 rings (SSSR count). The van der Waals surface area contributed by atoms with Gasteiger partial charge in [-0.25, -0.2) is 0 Å². The molecule has 0 radical (unpaired) electrons. The molecule has 16 heavy (non-hydrogen) atoms. The van der Waals surface area contributed by atoms with Crippen molar-refractivity contribution in [1.82, 2.24) is 5.32 Å². The van der Waals surface area contributed by atoms with E-state index in [1.165, 1.54) is 0 Å². The maximum absolute atomic E-state index is 10.3. The van der Waals surface area contributed by atoms with Crippen LogP contribution in [0, 0.1) is 5.41 Å². The highest BCUT2D eigenvalue weighted by Crippen LogP contribution is 2.17. The molecule has 0 aliphatic heterocycles. The van der Waals surface area contributed by atoms with E-state index < -0.39 is 5.97 Å². The van der Waals surface area contributed by atoms with Crippen molar-refractivity contribution in [2.45, 2.75) is 46.0 Å². The third-order valence-corrected chi connectivity index (χ3v) is 2.64. The van der Waals surface area contributed by atoms with Crippen LogP contribution in [0.1, 0.15) is 46.0 Å². The lowest BCUT2D eigenvalue weighted by Crippen LogP contribution is -2.30. The van der Waals surface area contributed by atoms with Crippen LogP contribution >= 0.6 is 0 Å². The Morgan fingerprint density at radius 1 is 1.25 bits per heavy atom. The van der Waals surface area contributed by atoms with Crippen LogP contribution in [-0.4, -0.2) is 35.9 Å². The highest BCUT2D eigenvalue weighted by atomic mass is 16.4.